The molecule has 2 heterocycles. The lowest BCUT2D eigenvalue weighted by atomic mass is 9.94. The number of aliphatic hydroxyl groups excluding tert-OH is 5. The second kappa shape index (κ2) is 40.2. The van der Waals surface area contributed by atoms with Crippen LogP contribution in [0, 0.1) is 0 Å². The number of carboxylic acids is 1. The van der Waals surface area contributed by atoms with Crippen molar-refractivity contribution in [2.24, 2.45) is 34.4 Å². The van der Waals surface area contributed by atoms with Gasteiger partial charge in [0.05, 0.1) is 25.3 Å². The molecule has 2 rings (SSSR count). The predicted molar refractivity (Wildman–Crippen MR) is 325 cm³/mol. The minimum atomic E-state index is -1.95. The summed E-state index contributed by atoms with van der Waals surface area (Å²) in [5.74, 6) is -14.7. The Morgan fingerprint density at radius 3 is 1.30 bits per heavy atom. The summed E-state index contributed by atoms with van der Waals surface area (Å²) < 4.78 is 23.2. The number of carbonyl (C=O) groups is 15. The number of nitrogens with two attached hydrogens (primary N) is 6. The molecule has 0 aliphatic carbocycles. The summed E-state index contributed by atoms with van der Waals surface area (Å²) in [6, 6.07) is -17.2. The number of carbonyl (C=O) groups excluding carboxylic acids is 14. The molecule has 0 aromatic heterocycles. The van der Waals surface area contributed by atoms with Crippen molar-refractivity contribution < 1.29 is 122 Å². The van der Waals surface area contributed by atoms with Crippen LogP contribution in [-0.4, -0.2) is 260 Å². The predicted octanol–water partition coefficient (Wildman–Crippen LogP) is -12.2. The van der Waals surface area contributed by atoms with E-state index < -0.39 is 249 Å². The summed E-state index contributed by atoms with van der Waals surface area (Å²) in [5.41, 5.74) is 33.0. The number of amides is 14. The summed E-state index contributed by atoms with van der Waals surface area (Å²) >= 11 is 0. The van der Waals surface area contributed by atoms with Crippen molar-refractivity contribution in [2.75, 3.05) is 13.2 Å². The molecular weight excluding hydrogens is 1280 g/mol. The molecule has 14 amide bonds. The monoisotopic (exact) mass is 1380 g/mol. The van der Waals surface area contributed by atoms with Crippen LogP contribution in [-0.2, 0) is 90.9 Å². The van der Waals surface area contributed by atoms with Gasteiger partial charge in [0.1, 0.15) is 103 Å². The fourth-order valence-corrected chi connectivity index (χ4v) is 9.56. The van der Waals surface area contributed by atoms with E-state index in [1.807, 2.05) is 0 Å². The number of hydrogen-bond donors (Lipinski definition) is 22. The third kappa shape index (κ3) is 27.4. The van der Waals surface area contributed by atoms with Crippen molar-refractivity contribution in [3.05, 3.63) is 0 Å². The van der Waals surface area contributed by atoms with E-state index in [2.05, 4.69) is 53.2 Å². The van der Waals surface area contributed by atoms with Gasteiger partial charge in [-0.1, -0.05) is 0 Å². The van der Waals surface area contributed by atoms with Crippen LogP contribution in [0.25, 0.3) is 0 Å². The first-order valence-electron chi connectivity index (χ1n) is 30.5. The number of aliphatic hydroxyl groups is 5. The van der Waals surface area contributed by atoms with Gasteiger partial charge in [-0.2, -0.15) is 0 Å². The lowest BCUT2D eigenvalue weighted by Crippen LogP contribution is -2.70. The van der Waals surface area contributed by atoms with Gasteiger partial charge in [0.25, 0.3) is 0 Å². The molecule has 41 nitrogen and oxygen atoms in total. The molecule has 2 saturated heterocycles. The van der Waals surface area contributed by atoms with Gasteiger partial charge in [0.15, 0.2) is 12.6 Å². The highest BCUT2D eigenvalue weighted by Gasteiger charge is 2.53. The molecule has 0 spiro atoms. The second-order valence-corrected chi connectivity index (χ2v) is 23.1. The Morgan fingerprint density at radius 1 is 0.458 bits per heavy atom. The van der Waals surface area contributed by atoms with E-state index in [9.17, 15) is 103 Å². The molecule has 96 heavy (non-hydrogen) atoms. The van der Waals surface area contributed by atoms with Crippen molar-refractivity contribution in [1.29, 1.82) is 0 Å². The number of nitrogens with one attached hydrogen (secondary N) is 10. The summed E-state index contributed by atoms with van der Waals surface area (Å²) in [7, 11) is 0. The number of aliphatic carboxylic acids is 1. The molecule has 28 N–H and O–H groups in total. The normalized spacial score (nSPS) is 24.2. The fourth-order valence-electron chi connectivity index (χ4n) is 9.56. The third-order valence-electron chi connectivity index (χ3n) is 15.1. The van der Waals surface area contributed by atoms with Gasteiger partial charge in [0.2, 0.25) is 82.7 Å². The molecule has 2 fully saturated rings. The van der Waals surface area contributed by atoms with Gasteiger partial charge in [-0.3, -0.25) is 71.9 Å². The van der Waals surface area contributed by atoms with Crippen molar-refractivity contribution in [1.82, 2.24) is 53.2 Å². The van der Waals surface area contributed by atoms with E-state index in [1.54, 1.807) is 0 Å². The Morgan fingerprint density at radius 2 is 0.875 bits per heavy atom. The summed E-state index contributed by atoms with van der Waals surface area (Å²) in [6.45, 7) is 6.29. The second-order valence-electron chi connectivity index (χ2n) is 23.1. The lowest BCUT2D eigenvalue weighted by Gasteiger charge is -2.48. The number of rotatable bonds is 41. The molecule has 0 radical (unpaired) electrons. The molecule has 21 atom stereocenters. The quantitative estimate of drug-likeness (QED) is 0.0270. The van der Waals surface area contributed by atoms with E-state index >= 15 is 0 Å². The Kier molecular flexibility index (Phi) is 35.1. The molecule has 41 heteroatoms. The molecule has 0 saturated carbocycles. The van der Waals surface area contributed by atoms with Crippen LogP contribution in [0.1, 0.15) is 113 Å². The van der Waals surface area contributed by atoms with Gasteiger partial charge >= 0.3 is 5.97 Å². The molecule has 2 aliphatic heterocycles. The average Bonchev–Trinajstić information content (AvgIpc) is 0.776. The number of primary amides is 4. The SMILES string of the molecule is CC(=O)NC1C(OC2C(CO)OC(O)C(NC(C)=O)C2OC(C)C(=O)NC(C)C(=O)NC(CCC(=O)NC(CCCC(NC(=O)C(C)NC(=O)C(CCCC(N)C(N)=O)NC(=O)CCC(NC(=O)C(C)N)C(N)=O)C(N)=O)C(=O)NC(C)C(=O)O)C(N)=O)OC(CO)C(O)C1O. The van der Waals surface area contributed by atoms with Crippen LogP contribution in [0.5, 0.6) is 0 Å². The molecular formula is C55H94N16O25. The van der Waals surface area contributed by atoms with Gasteiger partial charge in [-0.05, 0) is 86.0 Å². The van der Waals surface area contributed by atoms with E-state index in [-0.39, 0.29) is 44.9 Å². The van der Waals surface area contributed by atoms with Crippen LogP contribution in [0.3, 0.4) is 0 Å². The average molecular weight is 1380 g/mol. The molecule has 21 unspecified atom stereocenters. The fraction of sp³-hybridized carbons (Fsp3) is 0.727. The van der Waals surface area contributed by atoms with Crippen LogP contribution in [0.2, 0.25) is 0 Å². The third-order valence-corrected chi connectivity index (χ3v) is 15.1. The maximum absolute atomic E-state index is 13.7. The minimum absolute atomic E-state index is 0.0290. The number of ether oxygens (including phenoxy) is 4. The first-order valence-corrected chi connectivity index (χ1v) is 30.5. The molecule has 0 aromatic carbocycles. The van der Waals surface area contributed by atoms with Gasteiger partial charge in [0, 0.05) is 26.7 Å². The highest BCUT2D eigenvalue weighted by atomic mass is 16.7. The Bertz CT molecular complexity index is 2750. The first kappa shape index (κ1) is 83.7. The number of hydrogen-bond acceptors (Lipinski definition) is 26. The van der Waals surface area contributed by atoms with E-state index in [0.717, 1.165) is 34.6 Å². The van der Waals surface area contributed by atoms with Crippen molar-refractivity contribution in [3.63, 3.8) is 0 Å². The van der Waals surface area contributed by atoms with Crippen LogP contribution < -0.4 is 87.6 Å². The zero-order chi connectivity index (χ0) is 73.2. The highest BCUT2D eigenvalue weighted by Crippen LogP contribution is 2.31. The standard InChI is InChI=1S/C55H94N16O25/c1-20(56)47(84)69-29(45(60)82)14-16-35(76)67-31(12-8-10-27(57)43(58)80)51(88)63-22(3)49(86)70-28(44(59)81)11-9-13-32(52(89)64-23(4)53(90)91)68-36(77)17-15-30(46(61)83)71-48(85)21(2)62-50(87)24(5)93-42-38(66-26(7)75)54(92)94-34(19-73)41(42)96-55-37(65-25(6)74)40(79)39(78)33(18-72)95-55/h20-24,27-34,37-42,54-55,72-73,78-79,92H,8-19,56-57H2,1-7H3,(H2,58,80)(H2,59,81)(H2,60,82)(H2,61,83)(H,62,87)(H,63,88)(H,64,89)(H,65,74)(H,66,75)(H,67,76)(H,68,77)(H,69,84)(H,70,86)(H,71,85)(H,90,91). The Balaban J connectivity index is 2.22. The van der Waals surface area contributed by atoms with Gasteiger partial charge in [-0.25, -0.2) is 0 Å². The maximum atomic E-state index is 13.7. The summed E-state index contributed by atoms with van der Waals surface area (Å²) in [6.07, 6.45) is -18.4. The zero-order valence-corrected chi connectivity index (χ0v) is 54.0. The Hall–Kier alpha value is -8.39. The highest BCUT2D eigenvalue weighted by molar-refractivity contribution is 5.95. The molecule has 0 bridgehead atoms. The lowest BCUT2D eigenvalue weighted by molar-refractivity contribution is -0.333. The number of carboxylic acid groups (broad SMARTS) is 1. The summed E-state index contributed by atoms with van der Waals surface area (Å²) in [5, 5.41) is 85.5. The van der Waals surface area contributed by atoms with E-state index in [4.69, 9.17) is 53.3 Å². The zero-order valence-electron chi connectivity index (χ0n) is 54.0. The van der Waals surface area contributed by atoms with Crippen LogP contribution >= 0.6 is 0 Å². The van der Waals surface area contributed by atoms with E-state index in [0.29, 0.717) is 0 Å². The van der Waals surface area contributed by atoms with Crippen LogP contribution in [0.4, 0.5) is 0 Å². The molecule has 544 valence electrons. The van der Waals surface area contributed by atoms with Crippen molar-refractivity contribution >= 4 is 88.7 Å². The Labute approximate surface area is 550 Å². The largest absolute Gasteiger partial charge is 0.480 e. The van der Waals surface area contributed by atoms with Crippen molar-refractivity contribution in [2.45, 2.75) is 240 Å². The van der Waals surface area contributed by atoms with E-state index in [1.165, 1.54) is 13.8 Å². The van der Waals surface area contributed by atoms with Gasteiger partial charge in [-0.15, -0.1) is 0 Å². The smallest absolute Gasteiger partial charge is 0.325 e. The van der Waals surface area contributed by atoms with Crippen molar-refractivity contribution in [3.8, 4) is 0 Å². The first-order chi connectivity index (χ1) is 44.7. The summed E-state index contributed by atoms with van der Waals surface area (Å²) in [4.78, 5) is 191. The van der Waals surface area contributed by atoms with Crippen LogP contribution in [0.15, 0.2) is 0 Å². The van der Waals surface area contributed by atoms with Gasteiger partial charge < -0.3 is 137 Å². The topological polar surface area (TPSA) is 691 Å². The maximum Gasteiger partial charge on any atom is 0.325 e. The minimum Gasteiger partial charge on any atom is -0.480 e. The molecule has 2 aliphatic rings. The molecule has 0 aromatic rings.